The highest BCUT2D eigenvalue weighted by Crippen LogP contribution is 2.47. The molecule has 0 aromatic rings. The first-order chi connectivity index (χ1) is 19.9. The molecule has 2 aliphatic carbocycles. The molecule has 0 aliphatic heterocycles. The number of carbonyl (C=O) groups excluding carboxylic acids is 2. The zero-order chi connectivity index (χ0) is 33.0. The lowest BCUT2D eigenvalue weighted by molar-refractivity contribution is -0.148. The SMILES string of the molecule is C.CC1CC2CCC1C2.CCC.CCC.CCC(C)C(C)C.CCNCOCC(CC)(COC(C)=O)COC(=O)NCC. The number of rotatable bonds is 13. The van der Waals surface area contributed by atoms with Gasteiger partial charge in [0.1, 0.15) is 13.2 Å². The minimum Gasteiger partial charge on any atom is -0.465 e. The Morgan fingerprint density at radius 1 is 0.837 bits per heavy atom. The molecule has 2 bridgehead atoms. The minimum absolute atomic E-state index is 0. The number of hydrogen-bond acceptors (Lipinski definition) is 6. The van der Waals surface area contributed by atoms with Crippen LogP contribution in [0.25, 0.3) is 0 Å². The van der Waals surface area contributed by atoms with E-state index in [0.29, 0.717) is 26.3 Å². The summed E-state index contributed by atoms with van der Waals surface area (Å²) < 4.78 is 15.8. The van der Waals surface area contributed by atoms with Crippen LogP contribution in [0.15, 0.2) is 0 Å². The minimum atomic E-state index is -0.536. The van der Waals surface area contributed by atoms with E-state index in [-0.39, 0.29) is 26.6 Å². The Morgan fingerprint density at radius 3 is 1.70 bits per heavy atom. The number of esters is 1. The maximum Gasteiger partial charge on any atom is 0.407 e. The fraction of sp³-hybridized carbons (Fsp3) is 0.944. The van der Waals surface area contributed by atoms with Gasteiger partial charge in [0, 0.05) is 13.5 Å². The lowest BCUT2D eigenvalue weighted by atomic mass is 9.88. The Kier molecular flexibility index (Phi) is 36.2. The molecular formula is C36H78N2O5. The summed E-state index contributed by atoms with van der Waals surface area (Å²) >= 11 is 0. The van der Waals surface area contributed by atoms with Gasteiger partial charge in [0.05, 0.1) is 18.8 Å². The number of fused-ring (bicyclic) bond motifs is 2. The van der Waals surface area contributed by atoms with Crippen LogP contribution >= 0.6 is 0 Å². The predicted molar refractivity (Wildman–Crippen MR) is 186 cm³/mol. The molecule has 0 heterocycles. The molecule has 2 rings (SSSR count). The van der Waals surface area contributed by atoms with Crippen molar-refractivity contribution in [1.82, 2.24) is 10.6 Å². The first-order valence-electron chi connectivity index (χ1n) is 17.2. The fourth-order valence-corrected chi connectivity index (χ4v) is 4.58. The van der Waals surface area contributed by atoms with E-state index in [0.717, 1.165) is 36.1 Å². The van der Waals surface area contributed by atoms with Crippen molar-refractivity contribution < 1.29 is 23.8 Å². The van der Waals surface area contributed by atoms with Gasteiger partial charge >= 0.3 is 12.1 Å². The van der Waals surface area contributed by atoms with Crippen LogP contribution in [-0.2, 0) is 19.0 Å². The summed E-state index contributed by atoms with van der Waals surface area (Å²) in [5, 5.41) is 5.61. The van der Waals surface area contributed by atoms with Crippen molar-refractivity contribution in [2.24, 2.45) is 35.0 Å². The molecule has 0 spiro atoms. The quantitative estimate of drug-likeness (QED) is 0.121. The topological polar surface area (TPSA) is 85.9 Å². The van der Waals surface area contributed by atoms with Crippen LogP contribution < -0.4 is 10.6 Å². The first kappa shape index (κ1) is 48.6. The second kappa shape index (κ2) is 32.1. The second-order valence-electron chi connectivity index (χ2n) is 12.5. The summed E-state index contributed by atoms with van der Waals surface area (Å²) in [5.74, 6) is 4.77. The molecule has 262 valence electrons. The van der Waals surface area contributed by atoms with Gasteiger partial charge < -0.3 is 19.5 Å². The van der Waals surface area contributed by atoms with Crippen molar-refractivity contribution in [3.05, 3.63) is 0 Å². The highest BCUT2D eigenvalue weighted by Gasteiger charge is 2.36. The van der Waals surface area contributed by atoms with Crippen LogP contribution in [0.2, 0.25) is 0 Å². The molecule has 5 unspecified atom stereocenters. The zero-order valence-electron chi connectivity index (χ0n) is 30.3. The van der Waals surface area contributed by atoms with Gasteiger partial charge in [-0.15, -0.1) is 0 Å². The van der Waals surface area contributed by atoms with Crippen molar-refractivity contribution in [3.8, 4) is 0 Å². The highest BCUT2D eigenvalue weighted by molar-refractivity contribution is 5.67. The summed E-state index contributed by atoms with van der Waals surface area (Å²) in [6.45, 7) is 29.4. The van der Waals surface area contributed by atoms with E-state index in [4.69, 9.17) is 14.2 Å². The molecule has 2 fully saturated rings. The average Bonchev–Trinajstić information content (AvgIpc) is 3.56. The molecule has 2 saturated carbocycles. The monoisotopic (exact) mass is 619 g/mol. The molecule has 5 atom stereocenters. The molecule has 2 N–H and O–H groups in total. The highest BCUT2D eigenvalue weighted by atomic mass is 16.6. The van der Waals surface area contributed by atoms with Crippen LogP contribution in [-0.4, -0.2) is 51.7 Å². The van der Waals surface area contributed by atoms with E-state index in [1.807, 2.05) is 20.8 Å². The molecule has 0 aromatic carbocycles. The number of carbonyl (C=O) groups is 2. The van der Waals surface area contributed by atoms with E-state index in [2.05, 4.69) is 72.9 Å². The van der Waals surface area contributed by atoms with Gasteiger partial charge in [-0.05, 0) is 68.7 Å². The second-order valence-corrected chi connectivity index (χ2v) is 12.5. The number of alkyl carbamates (subject to hydrolysis) is 1. The maximum absolute atomic E-state index is 11.4. The predicted octanol–water partition coefficient (Wildman–Crippen LogP) is 9.88. The molecule has 7 nitrogen and oxygen atoms in total. The van der Waals surface area contributed by atoms with Crippen LogP contribution in [0.5, 0.6) is 0 Å². The van der Waals surface area contributed by atoms with Crippen LogP contribution in [0.3, 0.4) is 0 Å². The lowest BCUT2D eigenvalue weighted by Crippen LogP contribution is -2.40. The van der Waals surface area contributed by atoms with E-state index in [1.165, 1.54) is 26.2 Å². The van der Waals surface area contributed by atoms with Crippen molar-refractivity contribution in [3.63, 3.8) is 0 Å². The van der Waals surface area contributed by atoms with Gasteiger partial charge in [0.15, 0.2) is 0 Å². The van der Waals surface area contributed by atoms with Gasteiger partial charge in [-0.25, -0.2) is 4.79 Å². The normalized spacial score (nSPS) is 19.6. The summed E-state index contributed by atoms with van der Waals surface area (Å²) in [7, 11) is 0. The van der Waals surface area contributed by atoms with Gasteiger partial charge in [0.2, 0.25) is 0 Å². The third kappa shape index (κ3) is 27.9. The Bertz CT molecular complexity index is 612. The summed E-state index contributed by atoms with van der Waals surface area (Å²) in [4.78, 5) is 22.5. The van der Waals surface area contributed by atoms with Gasteiger partial charge in [0.25, 0.3) is 0 Å². The van der Waals surface area contributed by atoms with Gasteiger partial charge in [-0.1, -0.05) is 109 Å². The Hall–Kier alpha value is -1.34. The van der Waals surface area contributed by atoms with Crippen LogP contribution in [0.1, 0.15) is 149 Å². The van der Waals surface area contributed by atoms with Crippen molar-refractivity contribution >= 4 is 12.1 Å². The van der Waals surface area contributed by atoms with Gasteiger partial charge in [-0.3, -0.25) is 10.1 Å². The molecule has 0 radical (unpaired) electrons. The summed E-state index contributed by atoms with van der Waals surface area (Å²) in [5.41, 5.74) is -0.536. The number of ether oxygens (including phenoxy) is 3. The third-order valence-corrected chi connectivity index (χ3v) is 7.90. The fourth-order valence-electron chi connectivity index (χ4n) is 4.58. The summed E-state index contributed by atoms with van der Waals surface area (Å²) in [6.07, 6.45) is 10.2. The van der Waals surface area contributed by atoms with Gasteiger partial charge in [-0.2, -0.15) is 0 Å². The van der Waals surface area contributed by atoms with Crippen molar-refractivity contribution in [2.75, 3.05) is 39.6 Å². The number of hydrogen-bond donors (Lipinski definition) is 2. The third-order valence-electron chi connectivity index (χ3n) is 7.90. The smallest absolute Gasteiger partial charge is 0.407 e. The molecule has 7 heteroatoms. The molecule has 43 heavy (non-hydrogen) atoms. The molecule has 0 saturated heterocycles. The first-order valence-corrected chi connectivity index (χ1v) is 17.2. The Morgan fingerprint density at radius 2 is 1.40 bits per heavy atom. The van der Waals surface area contributed by atoms with Crippen molar-refractivity contribution in [1.29, 1.82) is 0 Å². The van der Waals surface area contributed by atoms with Crippen molar-refractivity contribution in [2.45, 2.75) is 149 Å². The molecule has 2 aliphatic rings. The maximum atomic E-state index is 11.4. The molecular weight excluding hydrogens is 540 g/mol. The summed E-state index contributed by atoms with van der Waals surface area (Å²) in [6, 6.07) is 0. The Labute approximate surface area is 269 Å². The van der Waals surface area contributed by atoms with E-state index >= 15 is 0 Å². The Balaban J connectivity index is -0.000000279. The van der Waals surface area contributed by atoms with Crippen LogP contribution in [0, 0.1) is 35.0 Å². The van der Waals surface area contributed by atoms with E-state index < -0.39 is 11.5 Å². The largest absolute Gasteiger partial charge is 0.465 e. The number of nitrogens with one attached hydrogen (secondary N) is 2. The molecule has 1 amide bonds. The standard InChI is InChI=1S/C14H28N2O5.C8H14.C7H16.2C3H8.CH4/c1-5-14(9-20-12(4)17,8-19-11-15-6-2)10-21-13(18)16-7-3;1-6-4-7-2-3-8(6)5-7;1-5-7(4)6(2)3;2*1-3-2;/h15H,5-11H2,1-4H3,(H,16,18);6-8H,2-5H2,1H3;6-7H,5H2,1-4H3;2*3H2,1-2H3;1H4. The number of amides is 1. The zero-order valence-corrected chi connectivity index (χ0v) is 30.3. The molecule has 0 aromatic heterocycles. The van der Waals surface area contributed by atoms with Crippen LogP contribution in [0.4, 0.5) is 4.79 Å². The lowest BCUT2D eigenvalue weighted by Gasteiger charge is -2.31. The van der Waals surface area contributed by atoms with E-state index in [9.17, 15) is 9.59 Å². The average molecular weight is 619 g/mol. The van der Waals surface area contributed by atoms with E-state index in [1.54, 1.807) is 25.7 Å².